The summed E-state index contributed by atoms with van der Waals surface area (Å²) in [5, 5.41) is 8.04. The van der Waals surface area contributed by atoms with Gasteiger partial charge in [-0.05, 0) is 43.5 Å². The first-order chi connectivity index (χ1) is 11.3. The van der Waals surface area contributed by atoms with Gasteiger partial charge in [-0.25, -0.2) is 0 Å². The molecule has 5 nitrogen and oxygen atoms in total. The second kappa shape index (κ2) is 6.42. The smallest absolute Gasteiger partial charge is 0.230 e. The Bertz CT molecular complexity index is 644. The van der Waals surface area contributed by atoms with E-state index in [4.69, 9.17) is 4.42 Å². The molecular formula is C18H24N4O. The summed E-state index contributed by atoms with van der Waals surface area (Å²) in [6.07, 6.45) is 3.62. The molecule has 0 amide bonds. The van der Waals surface area contributed by atoms with Crippen LogP contribution in [-0.2, 0) is 19.4 Å². The average molecular weight is 312 g/mol. The Hall–Kier alpha value is -1.72. The van der Waals surface area contributed by atoms with Gasteiger partial charge in [-0.2, -0.15) is 0 Å². The summed E-state index contributed by atoms with van der Waals surface area (Å²) in [7, 11) is 0. The highest BCUT2D eigenvalue weighted by Crippen LogP contribution is 2.26. The molecule has 1 saturated heterocycles. The topological polar surface area (TPSA) is 45.4 Å². The molecule has 23 heavy (non-hydrogen) atoms. The first-order valence-corrected chi connectivity index (χ1v) is 8.60. The molecule has 1 aliphatic heterocycles. The van der Waals surface area contributed by atoms with E-state index in [2.05, 4.69) is 44.3 Å². The second-order valence-corrected chi connectivity index (χ2v) is 6.71. The van der Waals surface area contributed by atoms with Crippen LogP contribution in [-0.4, -0.2) is 52.2 Å². The fourth-order valence-electron chi connectivity index (χ4n) is 3.90. The number of hydrogen-bond donors (Lipinski definition) is 0. The van der Waals surface area contributed by atoms with Crippen molar-refractivity contribution in [2.24, 2.45) is 0 Å². The number of rotatable bonds is 3. The monoisotopic (exact) mass is 312 g/mol. The minimum Gasteiger partial charge on any atom is -0.424 e. The van der Waals surface area contributed by atoms with E-state index in [0.29, 0.717) is 11.9 Å². The van der Waals surface area contributed by atoms with Crippen LogP contribution in [0.2, 0.25) is 0 Å². The number of aromatic nitrogens is 2. The quantitative estimate of drug-likeness (QED) is 0.868. The number of fused-ring (bicyclic) bond motifs is 1. The molecule has 2 aromatic rings. The van der Waals surface area contributed by atoms with E-state index in [0.717, 1.165) is 32.1 Å². The van der Waals surface area contributed by atoms with Gasteiger partial charge in [-0.15, -0.1) is 10.2 Å². The molecule has 4 rings (SSSR count). The average Bonchev–Trinajstić information content (AvgIpc) is 3.08. The number of benzene rings is 1. The highest BCUT2D eigenvalue weighted by atomic mass is 16.4. The molecule has 1 aromatic heterocycles. The molecular weight excluding hydrogens is 288 g/mol. The number of nitrogens with zero attached hydrogens (tertiary/aromatic N) is 4. The van der Waals surface area contributed by atoms with Crippen molar-refractivity contribution in [2.45, 2.75) is 38.8 Å². The molecule has 0 unspecified atom stereocenters. The fraction of sp³-hybridized carbons (Fsp3) is 0.556. The van der Waals surface area contributed by atoms with Crippen LogP contribution in [0.1, 0.15) is 29.3 Å². The van der Waals surface area contributed by atoms with Gasteiger partial charge in [-0.3, -0.25) is 9.80 Å². The lowest BCUT2D eigenvalue weighted by molar-refractivity contribution is 0.196. The van der Waals surface area contributed by atoms with Gasteiger partial charge < -0.3 is 4.42 Å². The predicted molar refractivity (Wildman–Crippen MR) is 88.1 cm³/mol. The van der Waals surface area contributed by atoms with Crippen molar-refractivity contribution in [3.63, 3.8) is 0 Å². The van der Waals surface area contributed by atoms with Gasteiger partial charge in [-0.1, -0.05) is 24.3 Å². The predicted octanol–water partition coefficient (Wildman–Crippen LogP) is 2.05. The van der Waals surface area contributed by atoms with Gasteiger partial charge in [0, 0.05) is 26.1 Å². The van der Waals surface area contributed by atoms with Gasteiger partial charge >= 0.3 is 0 Å². The largest absolute Gasteiger partial charge is 0.424 e. The summed E-state index contributed by atoms with van der Waals surface area (Å²) in [6, 6.07) is 9.59. The Morgan fingerprint density at radius 2 is 1.83 bits per heavy atom. The van der Waals surface area contributed by atoms with Crippen LogP contribution in [0.15, 0.2) is 28.7 Å². The van der Waals surface area contributed by atoms with Crippen molar-refractivity contribution in [3.05, 3.63) is 47.2 Å². The second-order valence-electron chi connectivity index (χ2n) is 6.71. The SMILES string of the molecule is Cc1nnc(CN2CCCN(C3Cc4ccccc4C3)CC2)o1. The van der Waals surface area contributed by atoms with Gasteiger partial charge in [0.05, 0.1) is 6.54 Å². The van der Waals surface area contributed by atoms with Crippen LogP contribution in [0.5, 0.6) is 0 Å². The third-order valence-corrected chi connectivity index (χ3v) is 5.10. The van der Waals surface area contributed by atoms with Gasteiger partial charge in [0.25, 0.3) is 0 Å². The van der Waals surface area contributed by atoms with Crippen molar-refractivity contribution in [3.8, 4) is 0 Å². The molecule has 122 valence electrons. The number of hydrogen-bond acceptors (Lipinski definition) is 5. The lowest BCUT2D eigenvalue weighted by Crippen LogP contribution is -2.38. The first-order valence-electron chi connectivity index (χ1n) is 8.60. The van der Waals surface area contributed by atoms with Crippen molar-refractivity contribution < 1.29 is 4.42 Å². The molecule has 2 aliphatic rings. The van der Waals surface area contributed by atoms with Gasteiger partial charge in [0.15, 0.2) is 0 Å². The maximum absolute atomic E-state index is 5.52. The Balaban J connectivity index is 1.35. The lowest BCUT2D eigenvalue weighted by atomic mass is 10.1. The Morgan fingerprint density at radius 1 is 1.04 bits per heavy atom. The molecule has 1 aromatic carbocycles. The molecule has 2 heterocycles. The number of aryl methyl sites for hydroxylation is 1. The zero-order valence-corrected chi connectivity index (χ0v) is 13.7. The minimum absolute atomic E-state index is 0.653. The zero-order chi connectivity index (χ0) is 15.6. The van der Waals surface area contributed by atoms with Crippen LogP contribution in [0.3, 0.4) is 0 Å². The first kappa shape index (κ1) is 14.8. The summed E-state index contributed by atoms with van der Waals surface area (Å²) in [5.74, 6) is 1.39. The third-order valence-electron chi connectivity index (χ3n) is 5.10. The molecule has 5 heteroatoms. The molecule has 1 aliphatic carbocycles. The fourth-order valence-corrected chi connectivity index (χ4v) is 3.90. The molecule has 0 radical (unpaired) electrons. The summed E-state index contributed by atoms with van der Waals surface area (Å²) < 4.78 is 5.52. The van der Waals surface area contributed by atoms with Crippen molar-refractivity contribution >= 4 is 0 Å². The molecule has 0 bridgehead atoms. The van der Waals surface area contributed by atoms with E-state index in [-0.39, 0.29) is 0 Å². The summed E-state index contributed by atoms with van der Waals surface area (Å²) in [5.41, 5.74) is 3.08. The van der Waals surface area contributed by atoms with E-state index >= 15 is 0 Å². The summed E-state index contributed by atoms with van der Waals surface area (Å²) >= 11 is 0. The van der Waals surface area contributed by atoms with Crippen molar-refractivity contribution in [2.75, 3.05) is 26.2 Å². The van der Waals surface area contributed by atoms with Crippen molar-refractivity contribution in [1.82, 2.24) is 20.0 Å². The van der Waals surface area contributed by atoms with E-state index in [1.54, 1.807) is 11.1 Å². The maximum Gasteiger partial charge on any atom is 0.230 e. The normalized spacial score (nSPS) is 20.6. The zero-order valence-electron chi connectivity index (χ0n) is 13.7. The minimum atomic E-state index is 0.653. The van der Waals surface area contributed by atoms with Crippen LogP contribution >= 0.6 is 0 Å². The van der Waals surface area contributed by atoms with Gasteiger partial charge in [0.2, 0.25) is 11.8 Å². The Labute approximate surface area is 137 Å². The van der Waals surface area contributed by atoms with Gasteiger partial charge in [0.1, 0.15) is 0 Å². The standard InChI is InChI=1S/C18H24N4O/c1-14-19-20-18(23-14)13-21-7-4-8-22(10-9-21)17-11-15-5-2-3-6-16(15)12-17/h2-3,5-6,17H,4,7-13H2,1H3. The third kappa shape index (κ3) is 3.31. The summed E-state index contributed by atoms with van der Waals surface area (Å²) in [6.45, 7) is 7.13. The molecule has 0 N–H and O–H groups in total. The molecule has 0 spiro atoms. The van der Waals surface area contributed by atoms with Crippen LogP contribution < -0.4 is 0 Å². The van der Waals surface area contributed by atoms with E-state index in [1.807, 2.05) is 6.92 Å². The molecule has 0 saturated carbocycles. The van der Waals surface area contributed by atoms with E-state index in [1.165, 1.54) is 25.8 Å². The highest BCUT2D eigenvalue weighted by Gasteiger charge is 2.28. The lowest BCUT2D eigenvalue weighted by Gasteiger charge is -2.27. The van der Waals surface area contributed by atoms with Crippen LogP contribution in [0.25, 0.3) is 0 Å². The van der Waals surface area contributed by atoms with E-state index < -0.39 is 0 Å². The van der Waals surface area contributed by atoms with Crippen LogP contribution in [0.4, 0.5) is 0 Å². The molecule has 0 atom stereocenters. The summed E-state index contributed by atoms with van der Waals surface area (Å²) in [4.78, 5) is 5.12. The Kier molecular flexibility index (Phi) is 4.14. The Morgan fingerprint density at radius 3 is 2.52 bits per heavy atom. The van der Waals surface area contributed by atoms with Crippen LogP contribution in [0, 0.1) is 6.92 Å². The maximum atomic E-state index is 5.52. The molecule has 1 fully saturated rings. The van der Waals surface area contributed by atoms with E-state index in [9.17, 15) is 0 Å². The van der Waals surface area contributed by atoms with Crippen molar-refractivity contribution in [1.29, 1.82) is 0 Å². The highest BCUT2D eigenvalue weighted by molar-refractivity contribution is 5.33.